The van der Waals surface area contributed by atoms with E-state index < -0.39 is 0 Å². The highest BCUT2D eigenvalue weighted by atomic mass is 32.2. The van der Waals surface area contributed by atoms with E-state index in [1.165, 1.54) is 0 Å². The van der Waals surface area contributed by atoms with Crippen molar-refractivity contribution in [1.29, 1.82) is 5.26 Å². The molecule has 0 aliphatic rings. The van der Waals surface area contributed by atoms with Crippen LogP contribution in [0.1, 0.15) is 11.4 Å². The number of thiocyanates is 1. The second-order valence-corrected chi connectivity index (χ2v) is 5.31. The summed E-state index contributed by atoms with van der Waals surface area (Å²) in [6.07, 6.45) is 0. The van der Waals surface area contributed by atoms with Gasteiger partial charge in [-0.2, -0.15) is 10.4 Å². The summed E-state index contributed by atoms with van der Waals surface area (Å²) in [5.41, 5.74) is 4.47. The number of hydrogen-bond acceptors (Lipinski definition) is 4. The van der Waals surface area contributed by atoms with E-state index in [0.29, 0.717) is 0 Å². The molecule has 3 rings (SSSR count). The zero-order valence-electron chi connectivity index (χ0n) is 11.2. The van der Waals surface area contributed by atoms with Gasteiger partial charge in [0, 0.05) is 17.0 Å². The Labute approximate surface area is 121 Å². The van der Waals surface area contributed by atoms with Crippen molar-refractivity contribution < 1.29 is 0 Å². The van der Waals surface area contributed by atoms with E-state index in [1.807, 2.05) is 50.2 Å². The van der Waals surface area contributed by atoms with Crippen LogP contribution in [0.2, 0.25) is 0 Å². The van der Waals surface area contributed by atoms with E-state index in [4.69, 9.17) is 5.26 Å². The van der Waals surface area contributed by atoms with Crippen LogP contribution in [-0.2, 0) is 0 Å². The van der Waals surface area contributed by atoms with Crippen molar-refractivity contribution in [1.82, 2.24) is 14.6 Å². The van der Waals surface area contributed by atoms with Crippen LogP contribution in [0.5, 0.6) is 0 Å². The van der Waals surface area contributed by atoms with Gasteiger partial charge in [-0.1, -0.05) is 30.3 Å². The Bertz CT molecular complexity index is 815. The molecule has 0 aliphatic heterocycles. The molecule has 4 nitrogen and oxygen atoms in total. The molecule has 98 valence electrons. The van der Waals surface area contributed by atoms with Crippen LogP contribution in [0.25, 0.3) is 16.9 Å². The van der Waals surface area contributed by atoms with Gasteiger partial charge < -0.3 is 0 Å². The predicted molar refractivity (Wildman–Crippen MR) is 79.4 cm³/mol. The number of aromatic nitrogens is 3. The van der Waals surface area contributed by atoms with E-state index in [1.54, 1.807) is 4.52 Å². The molecule has 20 heavy (non-hydrogen) atoms. The van der Waals surface area contributed by atoms with Gasteiger partial charge in [-0.05, 0) is 31.7 Å². The lowest BCUT2D eigenvalue weighted by Gasteiger charge is -2.00. The van der Waals surface area contributed by atoms with Crippen molar-refractivity contribution in [3.63, 3.8) is 0 Å². The first-order valence-electron chi connectivity index (χ1n) is 6.19. The molecule has 0 saturated heterocycles. The van der Waals surface area contributed by atoms with Gasteiger partial charge in [0.1, 0.15) is 11.1 Å². The zero-order chi connectivity index (χ0) is 14.1. The van der Waals surface area contributed by atoms with Gasteiger partial charge in [-0.3, -0.25) is 0 Å². The SMILES string of the molecule is Cc1cc(C)n2nc(-c3ccccc3)c(SC#N)c2n1. The smallest absolute Gasteiger partial charge is 0.170 e. The summed E-state index contributed by atoms with van der Waals surface area (Å²) in [6, 6.07) is 11.9. The lowest BCUT2D eigenvalue weighted by atomic mass is 10.1. The van der Waals surface area contributed by atoms with Crippen LogP contribution in [-0.4, -0.2) is 14.6 Å². The third-order valence-corrected chi connectivity index (χ3v) is 3.72. The number of fused-ring (bicyclic) bond motifs is 1. The molecule has 0 fully saturated rings. The third kappa shape index (κ3) is 2.04. The Morgan fingerprint density at radius 2 is 1.95 bits per heavy atom. The Morgan fingerprint density at radius 1 is 1.20 bits per heavy atom. The van der Waals surface area contributed by atoms with Gasteiger partial charge in [-0.15, -0.1) is 0 Å². The fourth-order valence-electron chi connectivity index (χ4n) is 2.23. The molecule has 0 radical (unpaired) electrons. The fraction of sp³-hybridized carbons (Fsp3) is 0.133. The summed E-state index contributed by atoms with van der Waals surface area (Å²) >= 11 is 1.11. The summed E-state index contributed by atoms with van der Waals surface area (Å²) in [6.45, 7) is 3.94. The summed E-state index contributed by atoms with van der Waals surface area (Å²) in [4.78, 5) is 5.34. The molecule has 2 heterocycles. The minimum absolute atomic E-state index is 0.743. The van der Waals surface area contributed by atoms with Crippen molar-refractivity contribution in [3.05, 3.63) is 47.8 Å². The highest BCUT2D eigenvalue weighted by Gasteiger charge is 2.17. The first kappa shape index (κ1) is 12.7. The number of aryl methyl sites for hydroxylation is 2. The second kappa shape index (κ2) is 4.99. The largest absolute Gasteiger partial charge is 0.233 e. The normalized spacial score (nSPS) is 10.7. The number of rotatable bonds is 2. The number of benzene rings is 1. The van der Waals surface area contributed by atoms with Crippen LogP contribution < -0.4 is 0 Å². The fourth-order valence-corrected chi connectivity index (χ4v) is 2.80. The quantitative estimate of drug-likeness (QED) is 0.532. The zero-order valence-corrected chi connectivity index (χ0v) is 12.0. The second-order valence-electron chi connectivity index (χ2n) is 4.51. The van der Waals surface area contributed by atoms with Crippen molar-refractivity contribution in [2.45, 2.75) is 18.7 Å². The Morgan fingerprint density at radius 3 is 2.65 bits per heavy atom. The molecule has 3 aromatic rings. The van der Waals surface area contributed by atoms with Crippen LogP contribution in [0, 0.1) is 24.5 Å². The van der Waals surface area contributed by atoms with Crippen LogP contribution in [0.3, 0.4) is 0 Å². The molecule has 0 unspecified atom stereocenters. The Kier molecular flexibility index (Phi) is 3.17. The van der Waals surface area contributed by atoms with Crippen molar-refractivity contribution in [2.24, 2.45) is 0 Å². The van der Waals surface area contributed by atoms with Crippen LogP contribution in [0.15, 0.2) is 41.3 Å². The summed E-state index contributed by atoms with van der Waals surface area (Å²) in [7, 11) is 0. The molecule has 0 aliphatic carbocycles. The number of hydrogen-bond donors (Lipinski definition) is 0. The number of thioether (sulfide) groups is 1. The maximum absolute atomic E-state index is 9.06. The van der Waals surface area contributed by atoms with Crippen LogP contribution in [0.4, 0.5) is 0 Å². The van der Waals surface area contributed by atoms with Gasteiger partial charge in [0.15, 0.2) is 5.65 Å². The molecule has 0 N–H and O–H groups in total. The van der Waals surface area contributed by atoms with E-state index in [0.717, 1.165) is 44.9 Å². The molecule has 0 amide bonds. The minimum atomic E-state index is 0.743. The van der Waals surface area contributed by atoms with Gasteiger partial charge in [0.2, 0.25) is 0 Å². The average molecular weight is 280 g/mol. The van der Waals surface area contributed by atoms with Gasteiger partial charge in [-0.25, -0.2) is 9.50 Å². The maximum Gasteiger partial charge on any atom is 0.170 e. The first-order chi connectivity index (χ1) is 9.70. The molecule has 5 heteroatoms. The molecule has 2 aromatic heterocycles. The van der Waals surface area contributed by atoms with Crippen molar-refractivity contribution in [3.8, 4) is 16.7 Å². The maximum atomic E-state index is 9.06. The summed E-state index contributed by atoms with van der Waals surface area (Å²) < 4.78 is 1.80. The van der Waals surface area contributed by atoms with E-state index in [-0.39, 0.29) is 0 Å². The molecule has 0 bridgehead atoms. The van der Waals surface area contributed by atoms with Gasteiger partial charge in [0.25, 0.3) is 0 Å². The highest BCUT2D eigenvalue weighted by molar-refractivity contribution is 8.04. The molecule has 0 spiro atoms. The molecule has 1 aromatic carbocycles. The standard InChI is InChI=1S/C15H12N4S/c1-10-8-11(2)19-15(17-10)14(20-9-16)13(18-19)12-6-4-3-5-7-12/h3-8H,1-2H3. The van der Waals surface area contributed by atoms with Gasteiger partial charge in [0.05, 0.1) is 4.90 Å². The summed E-state index contributed by atoms with van der Waals surface area (Å²) in [5.74, 6) is 0. The first-order valence-corrected chi connectivity index (χ1v) is 7.00. The lowest BCUT2D eigenvalue weighted by Crippen LogP contribution is -1.97. The minimum Gasteiger partial charge on any atom is -0.233 e. The van der Waals surface area contributed by atoms with E-state index in [9.17, 15) is 0 Å². The highest BCUT2D eigenvalue weighted by Crippen LogP contribution is 2.33. The summed E-state index contributed by atoms with van der Waals surface area (Å²) in [5, 5.41) is 15.8. The number of nitrogens with zero attached hydrogens (tertiary/aromatic N) is 4. The molecular formula is C15H12N4S. The lowest BCUT2D eigenvalue weighted by molar-refractivity contribution is 0.888. The Balaban J connectivity index is 2.35. The monoisotopic (exact) mass is 280 g/mol. The third-order valence-electron chi connectivity index (χ3n) is 3.05. The van der Waals surface area contributed by atoms with E-state index >= 15 is 0 Å². The van der Waals surface area contributed by atoms with Gasteiger partial charge >= 0.3 is 0 Å². The molecule has 0 atom stereocenters. The molecule has 0 saturated carbocycles. The predicted octanol–water partition coefficient (Wildman–Crippen LogP) is 3.59. The van der Waals surface area contributed by atoms with E-state index in [2.05, 4.69) is 15.5 Å². The molecular weight excluding hydrogens is 268 g/mol. The number of nitriles is 1. The van der Waals surface area contributed by atoms with Crippen molar-refractivity contribution in [2.75, 3.05) is 0 Å². The topological polar surface area (TPSA) is 54.0 Å². The Hall–Kier alpha value is -2.32. The van der Waals surface area contributed by atoms with Crippen molar-refractivity contribution >= 4 is 17.4 Å². The average Bonchev–Trinajstić information content (AvgIpc) is 2.80. The van der Waals surface area contributed by atoms with Crippen LogP contribution >= 0.6 is 11.8 Å².